The van der Waals surface area contributed by atoms with Gasteiger partial charge in [-0.05, 0) is 37.3 Å². The Hall–Kier alpha value is -1.02. The summed E-state index contributed by atoms with van der Waals surface area (Å²) >= 11 is 0. The highest BCUT2D eigenvalue weighted by molar-refractivity contribution is 5.36. The van der Waals surface area contributed by atoms with Crippen LogP contribution in [0.4, 0.5) is 0 Å². The first-order valence-electron chi connectivity index (χ1n) is 8.66. The van der Waals surface area contributed by atoms with Crippen LogP contribution >= 0.6 is 0 Å². The van der Waals surface area contributed by atoms with E-state index in [0.717, 1.165) is 24.1 Å². The van der Waals surface area contributed by atoms with Crippen molar-refractivity contribution in [3.05, 3.63) is 29.8 Å². The van der Waals surface area contributed by atoms with E-state index >= 15 is 0 Å². The molecule has 1 atom stereocenters. The summed E-state index contributed by atoms with van der Waals surface area (Å²) in [6.45, 7) is 5.52. The molecule has 1 aromatic rings. The third-order valence-electron chi connectivity index (χ3n) is 4.96. The van der Waals surface area contributed by atoms with Gasteiger partial charge in [0.1, 0.15) is 5.75 Å². The minimum atomic E-state index is 0.439. The van der Waals surface area contributed by atoms with Gasteiger partial charge in [-0.3, -0.25) is 0 Å². The molecule has 1 fully saturated rings. The molecular weight excluding hydrogens is 258 g/mol. The molecule has 1 unspecified atom stereocenters. The number of ether oxygens (including phenoxy) is 1. The smallest absolute Gasteiger partial charge is 0.123 e. The van der Waals surface area contributed by atoms with Crippen LogP contribution in [0.3, 0.4) is 0 Å². The van der Waals surface area contributed by atoms with Crippen molar-refractivity contribution in [1.29, 1.82) is 0 Å². The van der Waals surface area contributed by atoms with Crippen LogP contribution in [0.1, 0.15) is 64.0 Å². The summed E-state index contributed by atoms with van der Waals surface area (Å²) in [5, 5.41) is 3.71. The zero-order chi connectivity index (χ0) is 15.1. The maximum absolute atomic E-state index is 5.58. The largest absolute Gasteiger partial charge is 0.496 e. The summed E-state index contributed by atoms with van der Waals surface area (Å²) in [7, 11) is 1.78. The van der Waals surface area contributed by atoms with E-state index in [1.807, 2.05) is 0 Å². The van der Waals surface area contributed by atoms with Gasteiger partial charge in [-0.2, -0.15) is 0 Å². The summed E-state index contributed by atoms with van der Waals surface area (Å²) in [6.07, 6.45) is 8.23. The Bertz CT molecular complexity index is 410. The number of benzene rings is 1. The molecular formula is C19H31NO. The second-order valence-corrected chi connectivity index (χ2v) is 6.35. The fourth-order valence-corrected chi connectivity index (χ4v) is 3.89. The average Bonchev–Trinajstić information content (AvgIpc) is 2.54. The molecule has 0 spiro atoms. The normalized spacial score (nSPS) is 23.8. The van der Waals surface area contributed by atoms with Crippen molar-refractivity contribution < 1.29 is 4.74 Å². The molecule has 2 heteroatoms. The Labute approximate surface area is 130 Å². The molecule has 1 N–H and O–H groups in total. The molecule has 0 bridgehead atoms. The van der Waals surface area contributed by atoms with Crippen LogP contribution in [0, 0.1) is 11.8 Å². The SMILES string of the molecule is CCCC1CCC(C(NCC)c2ccccc2OC)CC1. The van der Waals surface area contributed by atoms with Gasteiger partial charge in [0, 0.05) is 11.6 Å². The number of hydrogen-bond donors (Lipinski definition) is 1. The molecule has 2 rings (SSSR count). The van der Waals surface area contributed by atoms with E-state index < -0.39 is 0 Å². The highest BCUT2D eigenvalue weighted by Gasteiger charge is 2.29. The lowest BCUT2D eigenvalue weighted by Crippen LogP contribution is -2.31. The number of nitrogens with one attached hydrogen (secondary N) is 1. The molecule has 0 amide bonds. The summed E-state index contributed by atoms with van der Waals surface area (Å²) in [5.41, 5.74) is 1.33. The minimum Gasteiger partial charge on any atom is -0.496 e. The fourth-order valence-electron chi connectivity index (χ4n) is 3.89. The van der Waals surface area contributed by atoms with Crippen LogP contribution in [0.15, 0.2) is 24.3 Å². The first kappa shape index (κ1) is 16.4. The molecule has 0 radical (unpaired) electrons. The van der Waals surface area contributed by atoms with E-state index in [2.05, 4.69) is 43.4 Å². The number of methoxy groups -OCH3 is 1. The Kier molecular flexibility index (Phi) is 6.56. The summed E-state index contributed by atoms with van der Waals surface area (Å²) < 4.78 is 5.58. The van der Waals surface area contributed by atoms with Crippen LogP contribution in [0.25, 0.3) is 0 Å². The number of para-hydroxylation sites is 1. The van der Waals surface area contributed by atoms with E-state index in [-0.39, 0.29) is 0 Å². The van der Waals surface area contributed by atoms with Crippen molar-refractivity contribution in [1.82, 2.24) is 5.32 Å². The Balaban J connectivity index is 2.09. The third kappa shape index (κ3) is 4.23. The van der Waals surface area contributed by atoms with Crippen molar-refractivity contribution in [2.75, 3.05) is 13.7 Å². The topological polar surface area (TPSA) is 21.3 Å². The Morgan fingerprint density at radius 3 is 2.48 bits per heavy atom. The van der Waals surface area contributed by atoms with E-state index in [1.165, 1.54) is 44.1 Å². The van der Waals surface area contributed by atoms with E-state index in [4.69, 9.17) is 4.74 Å². The number of rotatable bonds is 7. The summed E-state index contributed by atoms with van der Waals surface area (Å²) in [5.74, 6) is 2.74. The number of hydrogen-bond acceptors (Lipinski definition) is 2. The van der Waals surface area contributed by atoms with Crippen molar-refractivity contribution in [2.45, 2.75) is 58.4 Å². The van der Waals surface area contributed by atoms with Crippen molar-refractivity contribution in [3.8, 4) is 5.75 Å². The van der Waals surface area contributed by atoms with Crippen LogP contribution in [0.2, 0.25) is 0 Å². The summed E-state index contributed by atoms with van der Waals surface area (Å²) in [6, 6.07) is 8.94. The van der Waals surface area contributed by atoms with Crippen LogP contribution in [-0.2, 0) is 0 Å². The lowest BCUT2D eigenvalue weighted by atomic mass is 9.75. The third-order valence-corrected chi connectivity index (χ3v) is 4.96. The monoisotopic (exact) mass is 289 g/mol. The Morgan fingerprint density at radius 1 is 1.14 bits per heavy atom. The van der Waals surface area contributed by atoms with Crippen LogP contribution in [0.5, 0.6) is 5.75 Å². The van der Waals surface area contributed by atoms with E-state index in [0.29, 0.717) is 6.04 Å². The molecule has 0 heterocycles. The van der Waals surface area contributed by atoms with Gasteiger partial charge in [0.2, 0.25) is 0 Å². The van der Waals surface area contributed by atoms with Gasteiger partial charge in [0.25, 0.3) is 0 Å². The zero-order valence-electron chi connectivity index (χ0n) is 13.9. The van der Waals surface area contributed by atoms with Gasteiger partial charge in [0.05, 0.1) is 7.11 Å². The van der Waals surface area contributed by atoms with Gasteiger partial charge in [-0.1, -0.05) is 57.7 Å². The van der Waals surface area contributed by atoms with Crippen LogP contribution in [-0.4, -0.2) is 13.7 Å². The molecule has 0 saturated heterocycles. The maximum Gasteiger partial charge on any atom is 0.123 e. The maximum atomic E-state index is 5.58. The van der Waals surface area contributed by atoms with E-state index in [9.17, 15) is 0 Å². The van der Waals surface area contributed by atoms with Gasteiger partial charge < -0.3 is 10.1 Å². The second-order valence-electron chi connectivity index (χ2n) is 6.35. The molecule has 0 aliphatic heterocycles. The molecule has 1 saturated carbocycles. The lowest BCUT2D eigenvalue weighted by Gasteiger charge is -2.35. The van der Waals surface area contributed by atoms with Gasteiger partial charge in [0.15, 0.2) is 0 Å². The molecule has 118 valence electrons. The predicted octanol–water partition coefficient (Wildman–Crippen LogP) is 4.95. The Morgan fingerprint density at radius 2 is 1.86 bits per heavy atom. The van der Waals surface area contributed by atoms with E-state index in [1.54, 1.807) is 7.11 Å². The summed E-state index contributed by atoms with van der Waals surface area (Å²) in [4.78, 5) is 0. The van der Waals surface area contributed by atoms with Gasteiger partial charge >= 0.3 is 0 Å². The average molecular weight is 289 g/mol. The van der Waals surface area contributed by atoms with Crippen molar-refractivity contribution in [2.24, 2.45) is 11.8 Å². The highest BCUT2D eigenvalue weighted by atomic mass is 16.5. The zero-order valence-corrected chi connectivity index (χ0v) is 13.9. The second kappa shape index (κ2) is 8.43. The first-order valence-corrected chi connectivity index (χ1v) is 8.66. The molecule has 1 aliphatic rings. The van der Waals surface area contributed by atoms with Gasteiger partial charge in [-0.25, -0.2) is 0 Å². The molecule has 2 nitrogen and oxygen atoms in total. The fraction of sp³-hybridized carbons (Fsp3) is 0.684. The lowest BCUT2D eigenvalue weighted by molar-refractivity contribution is 0.213. The predicted molar refractivity (Wildman–Crippen MR) is 89.8 cm³/mol. The quantitative estimate of drug-likeness (QED) is 0.766. The van der Waals surface area contributed by atoms with Gasteiger partial charge in [-0.15, -0.1) is 0 Å². The molecule has 1 aromatic carbocycles. The first-order chi connectivity index (χ1) is 10.3. The molecule has 1 aliphatic carbocycles. The highest BCUT2D eigenvalue weighted by Crippen LogP contribution is 2.40. The van der Waals surface area contributed by atoms with Crippen molar-refractivity contribution >= 4 is 0 Å². The molecule has 0 aromatic heterocycles. The minimum absolute atomic E-state index is 0.439. The van der Waals surface area contributed by atoms with Crippen LogP contribution < -0.4 is 10.1 Å². The van der Waals surface area contributed by atoms with Crippen molar-refractivity contribution in [3.63, 3.8) is 0 Å². The molecule has 21 heavy (non-hydrogen) atoms. The standard InChI is InChI=1S/C19H31NO/c1-4-8-15-11-13-16(14-12-15)19(20-5-2)17-9-6-7-10-18(17)21-3/h6-7,9-10,15-16,19-20H,4-5,8,11-14H2,1-3H3.